The van der Waals surface area contributed by atoms with E-state index in [4.69, 9.17) is 5.11 Å². The Balaban J connectivity index is 1.91. The Hall–Kier alpha value is -2.08. The lowest BCUT2D eigenvalue weighted by atomic mass is 9.95. The zero-order chi connectivity index (χ0) is 16.6. The highest BCUT2D eigenvalue weighted by atomic mass is 16.3. The Kier molecular flexibility index (Phi) is 4.26. The Morgan fingerprint density at radius 1 is 1.48 bits per heavy atom. The molecule has 6 heteroatoms. The van der Waals surface area contributed by atoms with Crippen molar-refractivity contribution < 1.29 is 9.90 Å². The van der Waals surface area contributed by atoms with Crippen LogP contribution in [0.3, 0.4) is 0 Å². The van der Waals surface area contributed by atoms with Crippen molar-refractivity contribution in [2.45, 2.75) is 26.3 Å². The molecule has 6 nitrogen and oxygen atoms in total. The van der Waals surface area contributed by atoms with Gasteiger partial charge in [0.05, 0.1) is 0 Å². The standard InChI is InChI=1S/C17H24N4O2/c1-11-6-13(19-16(23)10-22)9-21(8-11)15-4-5-18-17-14(15)7-12(2)20(17)3/h4-5,7,11,13,22H,6,8-10H2,1-3H3,(H,19,23)/t11-,13+/m0/s1. The maximum Gasteiger partial charge on any atom is 0.245 e. The van der Waals surface area contributed by atoms with E-state index in [0.717, 1.165) is 36.2 Å². The minimum absolute atomic E-state index is 0.0615. The fraction of sp³-hybridized carbons (Fsp3) is 0.529. The molecule has 1 saturated heterocycles. The van der Waals surface area contributed by atoms with Crippen molar-refractivity contribution in [1.29, 1.82) is 0 Å². The Morgan fingerprint density at radius 2 is 2.26 bits per heavy atom. The number of aromatic nitrogens is 2. The molecule has 2 aromatic rings. The van der Waals surface area contributed by atoms with Gasteiger partial charge in [0.25, 0.3) is 0 Å². The number of carbonyl (C=O) groups is 1. The van der Waals surface area contributed by atoms with Gasteiger partial charge < -0.3 is 19.9 Å². The number of hydrogen-bond donors (Lipinski definition) is 2. The van der Waals surface area contributed by atoms with Crippen molar-refractivity contribution in [3.63, 3.8) is 0 Å². The molecule has 1 aliphatic heterocycles. The van der Waals surface area contributed by atoms with Crippen molar-refractivity contribution >= 4 is 22.6 Å². The molecule has 1 aliphatic rings. The highest BCUT2D eigenvalue weighted by Crippen LogP contribution is 2.30. The molecule has 0 radical (unpaired) electrons. The van der Waals surface area contributed by atoms with Gasteiger partial charge in [-0.05, 0) is 31.4 Å². The Morgan fingerprint density at radius 3 is 3.00 bits per heavy atom. The third-order valence-electron chi connectivity index (χ3n) is 4.66. The lowest BCUT2D eigenvalue weighted by Gasteiger charge is -2.38. The monoisotopic (exact) mass is 316 g/mol. The summed E-state index contributed by atoms with van der Waals surface area (Å²) in [6, 6.07) is 4.27. The molecule has 0 spiro atoms. The van der Waals surface area contributed by atoms with Gasteiger partial charge in [-0.1, -0.05) is 6.92 Å². The first-order valence-corrected chi connectivity index (χ1v) is 8.05. The first kappa shape index (κ1) is 15.8. The van der Waals surface area contributed by atoms with Crippen LogP contribution in [0.25, 0.3) is 11.0 Å². The van der Waals surface area contributed by atoms with E-state index >= 15 is 0 Å². The summed E-state index contributed by atoms with van der Waals surface area (Å²) in [7, 11) is 2.03. The molecular weight excluding hydrogens is 292 g/mol. The summed E-state index contributed by atoms with van der Waals surface area (Å²) in [4.78, 5) is 18.3. The Bertz CT molecular complexity index is 725. The van der Waals surface area contributed by atoms with Crippen LogP contribution in [0.2, 0.25) is 0 Å². The summed E-state index contributed by atoms with van der Waals surface area (Å²) in [5.74, 6) is 0.167. The van der Waals surface area contributed by atoms with E-state index in [2.05, 4.69) is 39.7 Å². The SMILES string of the molecule is Cc1cc2c(N3C[C@@H](C)C[C@@H](NC(=O)CO)C3)ccnc2n1C. The average Bonchev–Trinajstić information content (AvgIpc) is 2.81. The molecule has 2 N–H and O–H groups in total. The normalized spacial score (nSPS) is 21.7. The molecular formula is C17H24N4O2. The molecule has 3 rings (SSSR count). The smallest absolute Gasteiger partial charge is 0.245 e. The molecule has 124 valence electrons. The number of nitrogens with one attached hydrogen (secondary N) is 1. The average molecular weight is 316 g/mol. The molecule has 0 unspecified atom stereocenters. The summed E-state index contributed by atoms with van der Waals surface area (Å²) in [6.45, 7) is 5.53. The molecule has 2 aromatic heterocycles. The first-order valence-electron chi connectivity index (χ1n) is 8.05. The number of amides is 1. The summed E-state index contributed by atoms with van der Waals surface area (Å²) in [5.41, 5.74) is 3.32. The van der Waals surface area contributed by atoms with Gasteiger partial charge in [0.1, 0.15) is 12.3 Å². The van der Waals surface area contributed by atoms with Crippen LogP contribution < -0.4 is 10.2 Å². The summed E-state index contributed by atoms with van der Waals surface area (Å²) >= 11 is 0. The number of aliphatic hydroxyl groups excluding tert-OH is 1. The molecule has 3 heterocycles. The number of hydrogen-bond acceptors (Lipinski definition) is 4. The quantitative estimate of drug-likeness (QED) is 0.893. The minimum Gasteiger partial charge on any atom is -0.387 e. The maximum absolute atomic E-state index is 11.5. The van der Waals surface area contributed by atoms with Crippen LogP contribution >= 0.6 is 0 Å². The van der Waals surface area contributed by atoms with Gasteiger partial charge in [-0.15, -0.1) is 0 Å². The highest BCUT2D eigenvalue weighted by Gasteiger charge is 2.27. The number of piperidine rings is 1. The molecule has 1 fully saturated rings. The number of nitrogens with zero attached hydrogens (tertiary/aromatic N) is 3. The molecule has 0 saturated carbocycles. The van der Waals surface area contributed by atoms with Gasteiger partial charge in [-0.25, -0.2) is 4.98 Å². The lowest BCUT2D eigenvalue weighted by molar-refractivity contribution is -0.124. The van der Waals surface area contributed by atoms with E-state index in [9.17, 15) is 4.79 Å². The molecule has 23 heavy (non-hydrogen) atoms. The van der Waals surface area contributed by atoms with Crippen molar-refractivity contribution in [3.8, 4) is 0 Å². The molecule has 0 aromatic carbocycles. The Labute approximate surface area is 136 Å². The van der Waals surface area contributed by atoms with Crippen LogP contribution in [0, 0.1) is 12.8 Å². The number of aliphatic hydroxyl groups is 1. The summed E-state index contributed by atoms with van der Waals surface area (Å²) in [5, 5.41) is 13.0. The van der Waals surface area contributed by atoms with Crippen molar-refractivity contribution in [2.24, 2.45) is 13.0 Å². The first-order chi connectivity index (χ1) is 11.0. The lowest BCUT2D eigenvalue weighted by Crippen LogP contribution is -2.51. The third-order valence-corrected chi connectivity index (χ3v) is 4.66. The van der Waals surface area contributed by atoms with Crippen LogP contribution in [-0.2, 0) is 11.8 Å². The van der Waals surface area contributed by atoms with E-state index in [1.807, 2.05) is 19.3 Å². The number of rotatable bonds is 3. The second kappa shape index (κ2) is 6.20. The molecule has 0 bridgehead atoms. The summed E-state index contributed by atoms with van der Waals surface area (Å²) < 4.78 is 2.09. The number of fused-ring (bicyclic) bond motifs is 1. The van der Waals surface area contributed by atoms with E-state index in [1.54, 1.807) is 0 Å². The number of anilines is 1. The maximum atomic E-state index is 11.5. The zero-order valence-electron chi connectivity index (χ0n) is 13.9. The van der Waals surface area contributed by atoms with Gasteiger partial charge in [-0.2, -0.15) is 0 Å². The molecule has 2 atom stereocenters. The van der Waals surface area contributed by atoms with Crippen LogP contribution in [-0.4, -0.2) is 46.3 Å². The van der Waals surface area contributed by atoms with Crippen molar-refractivity contribution in [1.82, 2.24) is 14.9 Å². The number of pyridine rings is 1. The third kappa shape index (κ3) is 3.03. The predicted octanol–water partition coefficient (Wildman–Crippen LogP) is 1.21. The summed E-state index contributed by atoms with van der Waals surface area (Å²) in [6.07, 6.45) is 2.78. The van der Waals surface area contributed by atoms with Gasteiger partial charge in [0.2, 0.25) is 5.91 Å². The van der Waals surface area contributed by atoms with Gasteiger partial charge >= 0.3 is 0 Å². The second-order valence-corrected chi connectivity index (χ2v) is 6.58. The van der Waals surface area contributed by atoms with E-state index < -0.39 is 6.61 Å². The zero-order valence-corrected chi connectivity index (χ0v) is 13.9. The largest absolute Gasteiger partial charge is 0.387 e. The van der Waals surface area contributed by atoms with Crippen LogP contribution in [0.1, 0.15) is 19.0 Å². The van der Waals surface area contributed by atoms with Crippen LogP contribution in [0.15, 0.2) is 18.3 Å². The van der Waals surface area contributed by atoms with Crippen molar-refractivity contribution in [3.05, 3.63) is 24.0 Å². The van der Waals surface area contributed by atoms with E-state index in [0.29, 0.717) is 5.92 Å². The van der Waals surface area contributed by atoms with Gasteiger partial charge in [0.15, 0.2) is 0 Å². The van der Waals surface area contributed by atoms with Crippen molar-refractivity contribution in [2.75, 3.05) is 24.6 Å². The molecule has 1 amide bonds. The van der Waals surface area contributed by atoms with Gasteiger partial charge in [-0.3, -0.25) is 4.79 Å². The fourth-order valence-corrected chi connectivity index (χ4v) is 3.53. The van der Waals surface area contributed by atoms with Gasteiger partial charge in [0, 0.05) is 49.1 Å². The number of aryl methyl sites for hydroxylation is 2. The van der Waals surface area contributed by atoms with Crippen LogP contribution in [0.5, 0.6) is 0 Å². The van der Waals surface area contributed by atoms with Crippen LogP contribution in [0.4, 0.5) is 5.69 Å². The second-order valence-electron chi connectivity index (χ2n) is 6.58. The minimum atomic E-state index is -0.456. The predicted molar refractivity (Wildman–Crippen MR) is 90.5 cm³/mol. The highest BCUT2D eigenvalue weighted by molar-refractivity contribution is 5.91. The van der Waals surface area contributed by atoms with E-state index in [-0.39, 0.29) is 11.9 Å². The topological polar surface area (TPSA) is 70.4 Å². The molecule has 0 aliphatic carbocycles. The fourth-order valence-electron chi connectivity index (χ4n) is 3.53. The number of carbonyl (C=O) groups excluding carboxylic acids is 1. The van der Waals surface area contributed by atoms with E-state index in [1.165, 1.54) is 5.69 Å².